The Balaban J connectivity index is 0.00000121. The molecular weight excluding hydrogens is 204 g/mol. The van der Waals surface area contributed by atoms with Gasteiger partial charge < -0.3 is 5.73 Å². The van der Waals surface area contributed by atoms with Crippen molar-refractivity contribution < 1.29 is 4.39 Å². The monoisotopic (exact) mass is 207 g/mol. The van der Waals surface area contributed by atoms with Crippen molar-refractivity contribution in [1.29, 1.82) is 5.26 Å². The maximum atomic E-state index is 12.8. The SMILES string of the molecule is Cl.N#Cc1c(N)cnc(Cl)c1F. The highest BCUT2D eigenvalue weighted by Crippen LogP contribution is 2.19. The first kappa shape index (κ1) is 11.0. The number of nitrogens with two attached hydrogens (primary N) is 1. The lowest BCUT2D eigenvalue weighted by molar-refractivity contribution is 0.619. The van der Waals surface area contributed by atoms with Gasteiger partial charge in [-0.15, -0.1) is 12.4 Å². The number of anilines is 1. The van der Waals surface area contributed by atoms with Crippen LogP contribution >= 0.6 is 24.0 Å². The summed E-state index contributed by atoms with van der Waals surface area (Å²) in [5.41, 5.74) is 4.95. The number of aromatic nitrogens is 1. The van der Waals surface area contributed by atoms with E-state index in [-0.39, 0.29) is 28.8 Å². The van der Waals surface area contributed by atoms with Gasteiger partial charge in [0.15, 0.2) is 11.0 Å². The van der Waals surface area contributed by atoms with E-state index in [0.717, 1.165) is 6.20 Å². The minimum absolute atomic E-state index is 0. The standard InChI is InChI=1S/C6H3ClFN3.ClH/c7-6-5(8)3(1-9)4(10)2-11-6;/h2H,10H2;1H. The maximum absolute atomic E-state index is 12.8. The van der Waals surface area contributed by atoms with Gasteiger partial charge in [0.2, 0.25) is 0 Å². The number of halogens is 3. The first-order valence-electron chi connectivity index (χ1n) is 2.66. The molecule has 0 saturated heterocycles. The lowest BCUT2D eigenvalue weighted by atomic mass is 10.2. The smallest absolute Gasteiger partial charge is 0.180 e. The average molecular weight is 208 g/mol. The van der Waals surface area contributed by atoms with E-state index < -0.39 is 5.82 Å². The third-order valence-corrected chi connectivity index (χ3v) is 1.38. The van der Waals surface area contributed by atoms with Crippen molar-refractivity contribution in [2.24, 2.45) is 0 Å². The summed E-state index contributed by atoms with van der Waals surface area (Å²) in [4.78, 5) is 3.40. The van der Waals surface area contributed by atoms with E-state index in [2.05, 4.69) is 4.98 Å². The molecule has 0 unspecified atom stereocenters. The minimum Gasteiger partial charge on any atom is -0.396 e. The van der Waals surface area contributed by atoms with Gasteiger partial charge in [-0.1, -0.05) is 11.6 Å². The van der Waals surface area contributed by atoms with Crippen LogP contribution in [0.4, 0.5) is 10.1 Å². The Kier molecular flexibility index (Phi) is 3.74. The van der Waals surface area contributed by atoms with Crippen LogP contribution in [0, 0.1) is 17.1 Å². The molecule has 1 aromatic heterocycles. The molecule has 3 nitrogen and oxygen atoms in total. The minimum atomic E-state index is -0.867. The van der Waals surface area contributed by atoms with E-state index in [9.17, 15) is 4.39 Å². The Morgan fingerprint density at radius 1 is 1.67 bits per heavy atom. The lowest BCUT2D eigenvalue weighted by Crippen LogP contribution is -1.96. The molecule has 0 bridgehead atoms. The van der Waals surface area contributed by atoms with E-state index in [4.69, 9.17) is 22.6 Å². The summed E-state index contributed by atoms with van der Waals surface area (Å²) in [6.07, 6.45) is 1.14. The Morgan fingerprint density at radius 3 is 2.67 bits per heavy atom. The van der Waals surface area contributed by atoms with E-state index in [1.54, 1.807) is 6.07 Å². The molecule has 12 heavy (non-hydrogen) atoms. The van der Waals surface area contributed by atoms with Crippen molar-refractivity contribution in [3.63, 3.8) is 0 Å². The molecule has 0 atom stereocenters. The van der Waals surface area contributed by atoms with Gasteiger partial charge in [0.05, 0.1) is 11.9 Å². The summed E-state index contributed by atoms with van der Waals surface area (Å²) in [5, 5.41) is 8.03. The summed E-state index contributed by atoms with van der Waals surface area (Å²) in [7, 11) is 0. The van der Waals surface area contributed by atoms with Gasteiger partial charge in [0.1, 0.15) is 11.6 Å². The fraction of sp³-hybridized carbons (Fsp3) is 0. The Morgan fingerprint density at radius 2 is 2.25 bits per heavy atom. The molecule has 64 valence electrons. The van der Waals surface area contributed by atoms with Crippen LogP contribution in [0.5, 0.6) is 0 Å². The second-order valence-electron chi connectivity index (χ2n) is 1.81. The lowest BCUT2D eigenvalue weighted by Gasteiger charge is -1.97. The molecule has 1 rings (SSSR count). The molecule has 0 radical (unpaired) electrons. The first-order valence-corrected chi connectivity index (χ1v) is 3.04. The second-order valence-corrected chi connectivity index (χ2v) is 2.16. The molecule has 0 aliphatic rings. The highest BCUT2D eigenvalue weighted by atomic mass is 35.5. The molecule has 1 heterocycles. The zero-order valence-corrected chi connectivity index (χ0v) is 7.29. The molecule has 1 aromatic rings. The van der Waals surface area contributed by atoms with Crippen LogP contribution < -0.4 is 5.73 Å². The molecule has 0 amide bonds. The number of hydrogen-bond donors (Lipinski definition) is 1. The van der Waals surface area contributed by atoms with Crippen LogP contribution in [-0.4, -0.2) is 4.98 Å². The Hall–Kier alpha value is -1.05. The van der Waals surface area contributed by atoms with Gasteiger partial charge in [-0.2, -0.15) is 5.26 Å². The summed E-state index contributed by atoms with van der Waals surface area (Å²) in [6.45, 7) is 0. The van der Waals surface area contributed by atoms with Gasteiger partial charge >= 0.3 is 0 Å². The molecule has 0 fully saturated rings. The number of nitrogen functional groups attached to an aromatic ring is 1. The van der Waals surface area contributed by atoms with Gasteiger partial charge in [-0.05, 0) is 0 Å². The largest absolute Gasteiger partial charge is 0.396 e. The molecular formula is C6H4Cl2FN3. The molecule has 6 heteroatoms. The highest BCUT2D eigenvalue weighted by Gasteiger charge is 2.10. The summed E-state index contributed by atoms with van der Waals surface area (Å²) in [5.74, 6) is -0.867. The van der Waals surface area contributed by atoms with E-state index in [1.165, 1.54) is 0 Å². The number of hydrogen-bond acceptors (Lipinski definition) is 3. The number of nitrogens with zero attached hydrogens (tertiary/aromatic N) is 2. The maximum Gasteiger partial charge on any atom is 0.180 e. The topological polar surface area (TPSA) is 62.7 Å². The Bertz CT molecular complexity index is 334. The third-order valence-electron chi connectivity index (χ3n) is 1.12. The molecule has 0 spiro atoms. The van der Waals surface area contributed by atoms with Crippen molar-refractivity contribution in [2.75, 3.05) is 5.73 Å². The number of pyridine rings is 1. The van der Waals surface area contributed by atoms with Crippen molar-refractivity contribution in [1.82, 2.24) is 4.98 Å². The van der Waals surface area contributed by atoms with Crippen LogP contribution in [0.15, 0.2) is 6.20 Å². The van der Waals surface area contributed by atoms with Crippen LogP contribution in [-0.2, 0) is 0 Å². The van der Waals surface area contributed by atoms with Gasteiger partial charge in [0.25, 0.3) is 0 Å². The summed E-state index contributed by atoms with van der Waals surface area (Å²) < 4.78 is 12.8. The van der Waals surface area contributed by atoms with E-state index in [1.807, 2.05) is 0 Å². The van der Waals surface area contributed by atoms with Crippen molar-refractivity contribution in [3.8, 4) is 6.07 Å². The molecule has 0 saturated carbocycles. The average Bonchev–Trinajstić information content (AvgIpc) is 1.99. The van der Waals surface area contributed by atoms with Crippen molar-refractivity contribution in [2.45, 2.75) is 0 Å². The van der Waals surface area contributed by atoms with Crippen LogP contribution in [0.3, 0.4) is 0 Å². The van der Waals surface area contributed by atoms with Gasteiger partial charge in [0, 0.05) is 0 Å². The second kappa shape index (κ2) is 4.10. The Labute approximate surface area is 79.4 Å². The van der Waals surface area contributed by atoms with Crippen LogP contribution in [0.2, 0.25) is 5.15 Å². The number of nitriles is 1. The van der Waals surface area contributed by atoms with Crippen molar-refractivity contribution in [3.05, 3.63) is 22.7 Å². The highest BCUT2D eigenvalue weighted by molar-refractivity contribution is 6.29. The molecule has 0 aliphatic carbocycles. The zero-order chi connectivity index (χ0) is 8.43. The summed E-state index contributed by atoms with van der Waals surface area (Å²) >= 11 is 5.27. The first-order chi connectivity index (χ1) is 5.16. The molecule has 2 N–H and O–H groups in total. The molecule has 0 aliphatic heterocycles. The predicted octanol–water partition coefficient (Wildman–Crippen LogP) is 1.75. The predicted molar refractivity (Wildman–Crippen MR) is 45.6 cm³/mol. The van der Waals surface area contributed by atoms with Gasteiger partial charge in [-0.3, -0.25) is 0 Å². The normalized spacial score (nSPS) is 8.42. The zero-order valence-electron chi connectivity index (χ0n) is 5.71. The molecule has 0 aromatic carbocycles. The van der Waals surface area contributed by atoms with Crippen LogP contribution in [0.1, 0.15) is 5.56 Å². The fourth-order valence-corrected chi connectivity index (χ4v) is 0.734. The fourth-order valence-electron chi connectivity index (χ4n) is 0.591. The van der Waals surface area contributed by atoms with E-state index in [0.29, 0.717) is 0 Å². The van der Waals surface area contributed by atoms with Crippen molar-refractivity contribution >= 4 is 29.7 Å². The van der Waals surface area contributed by atoms with Gasteiger partial charge in [-0.25, -0.2) is 9.37 Å². The third kappa shape index (κ3) is 1.76. The quantitative estimate of drug-likeness (QED) is 0.660. The van der Waals surface area contributed by atoms with E-state index >= 15 is 0 Å². The van der Waals surface area contributed by atoms with Crippen LogP contribution in [0.25, 0.3) is 0 Å². The number of rotatable bonds is 0. The summed E-state index contributed by atoms with van der Waals surface area (Å²) in [6, 6.07) is 1.58.